The van der Waals surface area contributed by atoms with Crippen LogP contribution in [0.3, 0.4) is 0 Å². The van der Waals surface area contributed by atoms with Gasteiger partial charge in [0, 0.05) is 3.57 Å². The molecule has 1 atom stereocenters. The van der Waals surface area contributed by atoms with Crippen LogP contribution in [-0.4, -0.2) is 5.11 Å². The third-order valence-electron chi connectivity index (χ3n) is 2.48. The van der Waals surface area contributed by atoms with E-state index in [0.717, 1.165) is 3.57 Å². The smallest absolute Gasteiger partial charge is 0.166 e. The van der Waals surface area contributed by atoms with Gasteiger partial charge in [-0.05, 0) is 71.5 Å². The van der Waals surface area contributed by atoms with Crippen molar-refractivity contribution in [3.8, 4) is 11.5 Å². The maximum absolute atomic E-state index is 13.7. The highest BCUT2D eigenvalue weighted by Crippen LogP contribution is 2.27. The molecule has 0 radical (unpaired) electrons. The quantitative estimate of drug-likeness (QED) is 0.831. The fourth-order valence-corrected chi connectivity index (χ4v) is 1.85. The fraction of sp³-hybridized carbons (Fsp3) is 0.143. The van der Waals surface area contributed by atoms with Crippen LogP contribution < -0.4 is 4.74 Å². The minimum atomic E-state index is -0.688. The van der Waals surface area contributed by atoms with Crippen LogP contribution in [0.1, 0.15) is 18.6 Å². The van der Waals surface area contributed by atoms with Gasteiger partial charge in [-0.2, -0.15) is 0 Å². The van der Waals surface area contributed by atoms with Gasteiger partial charge in [-0.3, -0.25) is 0 Å². The normalized spacial score (nSPS) is 12.2. The first-order valence-electron chi connectivity index (χ1n) is 5.47. The molecule has 2 rings (SSSR count). The number of aliphatic hydroxyl groups excluding tert-OH is 1. The van der Waals surface area contributed by atoms with Crippen molar-refractivity contribution in [1.29, 1.82) is 0 Å². The third-order valence-corrected chi connectivity index (χ3v) is 3.20. The van der Waals surface area contributed by atoms with E-state index in [0.29, 0.717) is 11.3 Å². The van der Waals surface area contributed by atoms with Gasteiger partial charge in [0.25, 0.3) is 0 Å². The Morgan fingerprint density at radius 1 is 1.17 bits per heavy atom. The van der Waals surface area contributed by atoms with Crippen molar-refractivity contribution in [3.05, 3.63) is 57.4 Å². The van der Waals surface area contributed by atoms with Crippen molar-refractivity contribution >= 4 is 22.6 Å². The summed E-state index contributed by atoms with van der Waals surface area (Å²) >= 11 is 2.19. The molecule has 0 aromatic heterocycles. The SMILES string of the molecule is C[C@@H](O)c1ccc(Oc2ccc(I)cc2)c(F)c1. The van der Waals surface area contributed by atoms with Crippen LogP contribution in [0.2, 0.25) is 0 Å². The molecule has 4 heteroatoms. The second kappa shape index (κ2) is 5.67. The minimum absolute atomic E-state index is 0.153. The Hall–Kier alpha value is -1.14. The van der Waals surface area contributed by atoms with E-state index in [1.165, 1.54) is 12.1 Å². The monoisotopic (exact) mass is 358 g/mol. The molecule has 18 heavy (non-hydrogen) atoms. The molecule has 0 aliphatic heterocycles. The Balaban J connectivity index is 2.22. The summed E-state index contributed by atoms with van der Waals surface area (Å²) in [7, 11) is 0. The van der Waals surface area contributed by atoms with Crippen molar-refractivity contribution in [1.82, 2.24) is 0 Å². The molecule has 0 spiro atoms. The lowest BCUT2D eigenvalue weighted by Gasteiger charge is -2.09. The van der Waals surface area contributed by atoms with E-state index in [9.17, 15) is 9.50 Å². The van der Waals surface area contributed by atoms with Crippen molar-refractivity contribution in [2.24, 2.45) is 0 Å². The lowest BCUT2D eigenvalue weighted by molar-refractivity contribution is 0.198. The molecule has 2 aromatic rings. The number of ether oxygens (including phenoxy) is 1. The Morgan fingerprint density at radius 3 is 2.39 bits per heavy atom. The lowest BCUT2D eigenvalue weighted by Crippen LogP contribution is -1.94. The molecule has 2 aromatic carbocycles. The van der Waals surface area contributed by atoms with E-state index in [1.807, 2.05) is 12.1 Å². The summed E-state index contributed by atoms with van der Waals surface area (Å²) in [6.45, 7) is 1.59. The second-order valence-corrected chi connectivity index (χ2v) is 5.17. The molecule has 0 heterocycles. The zero-order valence-electron chi connectivity index (χ0n) is 9.73. The van der Waals surface area contributed by atoms with Gasteiger partial charge < -0.3 is 9.84 Å². The maximum Gasteiger partial charge on any atom is 0.166 e. The molecule has 0 saturated heterocycles. The Morgan fingerprint density at radius 2 is 1.83 bits per heavy atom. The topological polar surface area (TPSA) is 29.5 Å². The minimum Gasteiger partial charge on any atom is -0.454 e. The molecule has 0 aliphatic rings. The van der Waals surface area contributed by atoms with Crippen LogP contribution in [-0.2, 0) is 0 Å². The van der Waals surface area contributed by atoms with Crippen LogP contribution >= 0.6 is 22.6 Å². The van der Waals surface area contributed by atoms with Gasteiger partial charge in [0.15, 0.2) is 11.6 Å². The first-order chi connectivity index (χ1) is 8.56. The molecule has 0 bridgehead atoms. The molecular weight excluding hydrogens is 346 g/mol. The first kappa shape index (κ1) is 13.3. The van der Waals surface area contributed by atoms with Gasteiger partial charge in [0.05, 0.1) is 6.10 Å². The summed E-state index contributed by atoms with van der Waals surface area (Å²) in [5, 5.41) is 9.35. The van der Waals surface area contributed by atoms with Crippen LogP contribution in [0.5, 0.6) is 11.5 Å². The zero-order valence-corrected chi connectivity index (χ0v) is 11.9. The first-order valence-corrected chi connectivity index (χ1v) is 6.55. The Bertz CT molecular complexity index is 538. The van der Waals surface area contributed by atoms with E-state index in [-0.39, 0.29) is 5.75 Å². The van der Waals surface area contributed by atoms with E-state index in [1.54, 1.807) is 25.1 Å². The van der Waals surface area contributed by atoms with E-state index >= 15 is 0 Å². The van der Waals surface area contributed by atoms with Crippen LogP contribution in [0.4, 0.5) is 4.39 Å². The predicted molar refractivity (Wildman–Crippen MR) is 76.3 cm³/mol. The summed E-state index contributed by atoms with van der Waals surface area (Å²) in [6, 6.07) is 11.8. The summed E-state index contributed by atoms with van der Waals surface area (Å²) in [6.07, 6.45) is -0.688. The number of benzene rings is 2. The van der Waals surface area contributed by atoms with Crippen LogP contribution in [0.15, 0.2) is 42.5 Å². The average molecular weight is 358 g/mol. The molecule has 0 amide bonds. The molecule has 2 nitrogen and oxygen atoms in total. The van der Waals surface area contributed by atoms with Gasteiger partial charge in [-0.25, -0.2) is 4.39 Å². The standard InChI is InChI=1S/C14H12FIO2/c1-9(17)10-2-7-14(13(15)8-10)18-12-5-3-11(16)4-6-12/h2-9,17H,1H3/t9-/m1/s1. The number of hydrogen-bond donors (Lipinski definition) is 1. The van der Waals surface area contributed by atoms with E-state index in [2.05, 4.69) is 22.6 Å². The largest absolute Gasteiger partial charge is 0.454 e. The molecule has 1 N–H and O–H groups in total. The molecule has 0 aliphatic carbocycles. The summed E-state index contributed by atoms with van der Waals surface area (Å²) in [5.41, 5.74) is 0.530. The van der Waals surface area contributed by atoms with Crippen molar-refractivity contribution in [3.63, 3.8) is 0 Å². The highest BCUT2D eigenvalue weighted by Gasteiger charge is 2.08. The number of halogens is 2. The highest BCUT2D eigenvalue weighted by atomic mass is 127. The molecule has 94 valence electrons. The maximum atomic E-state index is 13.7. The Labute approximate surface area is 119 Å². The van der Waals surface area contributed by atoms with Crippen molar-refractivity contribution < 1.29 is 14.2 Å². The third kappa shape index (κ3) is 3.20. The summed E-state index contributed by atoms with van der Waals surface area (Å²) < 4.78 is 20.3. The van der Waals surface area contributed by atoms with Gasteiger partial charge >= 0.3 is 0 Å². The number of aliphatic hydroxyl groups is 1. The molecular formula is C14H12FIO2. The molecule has 0 saturated carbocycles. The molecule has 0 unspecified atom stereocenters. The van der Waals surface area contributed by atoms with Gasteiger partial charge in [0.2, 0.25) is 0 Å². The van der Waals surface area contributed by atoms with E-state index in [4.69, 9.17) is 4.74 Å². The summed E-state index contributed by atoms with van der Waals surface area (Å²) in [5.74, 6) is 0.256. The van der Waals surface area contributed by atoms with Crippen LogP contribution in [0, 0.1) is 9.39 Å². The lowest BCUT2D eigenvalue weighted by atomic mass is 10.1. The van der Waals surface area contributed by atoms with Gasteiger partial charge in [-0.15, -0.1) is 0 Å². The van der Waals surface area contributed by atoms with Crippen LogP contribution in [0.25, 0.3) is 0 Å². The highest BCUT2D eigenvalue weighted by molar-refractivity contribution is 14.1. The number of rotatable bonds is 3. The van der Waals surface area contributed by atoms with E-state index < -0.39 is 11.9 Å². The average Bonchev–Trinajstić information content (AvgIpc) is 2.34. The Kier molecular flexibility index (Phi) is 4.19. The van der Waals surface area contributed by atoms with Gasteiger partial charge in [0.1, 0.15) is 5.75 Å². The second-order valence-electron chi connectivity index (χ2n) is 3.92. The number of hydrogen-bond acceptors (Lipinski definition) is 2. The van der Waals surface area contributed by atoms with Crippen molar-refractivity contribution in [2.45, 2.75) is 13.0 Å². The fourth-order valence-electron chi connectivity index (χ4n) is 1.49. The molecule has 0 fully saturated rings. The zero-order chi connectivity index (χ0) is 13.1. The van der Waals surface area contributed by atoms with Gasteiger partial charge in [-0.1, -0.05) is 6.07 Å². The predicted octanol–water partition coefficient (Wildman–Crippen LogP) is 4.28. The summed E-state index contributed by atoms with van der Waals surface area (Å²) in [4.78, 5) is 0. The van der Waals surface area contributed by atoms with Crippen molar-refractivity contribution in [2.75, 3.05) is 0 Å².